The van der Waals surface area contributed by atoms with Crippen LogP contribution in [0.3, 0.4) is 0 Å². The molecule has 0 saturated carbocycles. The SMILES string of the molecule is NCC(=S)Cc1ccc2c(c1)CCCC2. The molecule has 80 valence electrons. The topological polar surface area (TPSA) is 26.0 Å². The highest BCUT2D eigenvalue weighted by atomic mass is 32.1. The summed E-state index contributed by atoms with van der Waals surface area (Å²) in [5, 5.41) is 0. The van der Waals surface area contributed by atoms with Crippen LogP contribution in [-0.2, 0) is 19.3 Å². The fraction of sp³-hybridized carbons (Fsp3) is 0.462. The molecule has 2 N–H and O–H groups in total. The van der Waals surface area contributed by atoms with Crippen LogP contribution >= 0.6 is 12.2 Å². The van der Waals surface area contributed by atoms with Gasteiger partial charge in [-0.25, -0.2) is 0 Å². The van der Waals surface area contributed by atoms with Gasteiger partial charge in [-0.05, 0) is 42.4 Å². The van der Waals surface area contributed by atoms with Crippen molar-refractivity contribution >= 4 is 17.1 Å². The second-order valence-electron chi connectivity index (χ2n) is 4.23. The van der Waals surface area contributed by atoms with Crippen LogP contribution in [0.4, 0.5) is 0 Å². The van der Waals surface area contributed by atoms with Gasteiger partial charge in [0.25, 0.3) is 0 Å². The molecule has 0 bridgehead atoms. The van der Waals surface area contributed by atoms with Gasteiger partial charge in [-0.2, -0.15) is 0 Å². The third-order valence-corrected chi connectivity index (χ3v) is 3.35. The van der Waals surface area contributed by atoms with E-state index in [9.17, 15) is 0 Å². The van der Waals surface area contributed by atoms with Crippen molar-refractivity contribution in [1.29, 1.82) is 0 Å². The Morgan fingerprint density at radius 3 is 2.67 bits per heavy atom. The molecule has 0 fully saturated rings. The number of aryl methyl sites for hydroxylation is 2. The van der Waals surface area contributed by atoms with Crippen molar-refractivity contribution in [3.05, 3.63) is 34.9 Å². The number of fused-ring (bicyclic) bond motifs is 1. The minimum Gasteiger partial charge on any atom is -0.326 e. The van der Waals surface area contributed by atoms with E-state index >= 15 is 0 Å². The molecule has 2 rings (SSSR count). The zero-order valence-corrected chi connectivity index (χ0v) is 9.78. The summed E-state index contributed by atoms with van der Waals surface area (Å²) < 4.78 is 0. The van der Waals surface area contributed by atoms with E-state index in [0.29, 0.717) is 6.54 Å². The summed E-state index contributed by atoms with van der Waals surface area (Å²) >= 11 is 5.17. The van der Waals surface area contributed by atoms with E-state index in [0.717, 1.165) is 11.3 Å². The van der Waals surface area contributed by atoms with Crippen molar-refractivity contribution in [3.63, 3.8) is 0 Å². The van der Waals surface area contributed by atoms with Crippen molar-refractivity contribution in [1.82, 2.24) is 0 Å². The zero-order chi connectivity index (χ0) is 10.7. The van der Waals surface area contributed by atoms with Gasteiger partial charge in [0, 0.05) is 17.8 Å². The van der Waals surface area contributed by atoms with Crippen LogP contribution in [0.15, 0.2) is 18.2 Å². The Morgan fingerprint density at radius 2 is 1.93 bits per heavy atom. The Hall–Kier alpha value is -0.730. The highest BCUT2D eigenvalue weighted by Gasteiger charge is 2.09. The molecule has 15 heavy (non-hydrogen) atoms. The van der Waals surface area contributed by atoms with Crippen LogP contribution in [0, 0.1) is 0 Å². The average molecular weight is 219 g/mol. The van der Waals surface area contributed by atoms with Crippen LogP contribution in [0.5, 0.6) is 0 Å². The first-order valence-corrected chi connectivity index (χ1v) is 6.03. The van der Waals surface area contributed by atoms with Crippen molar-refractivity contribution < 1.29 is 0 Å². The molecule has 1 aliphatic carbocycles. The first-order chi connectivity index (χ1) is 7.29. The largest absolute Gasteiger partial charge is 0.326 e. The highest BCUT2D eigenvalue weighted by molar-refractivity contribution is 7.80. The molecule has 0 heterocycles. The Labute approximate surface area is 96.7 Å². The Balaban J connectivity index is 2.17. The fourth-order valence-electron chi connectivity index (χ4n) is 2.20. The summed E-state index contributed by atoms with van der Waals surface area (Å²) in [5.41, 5.74) is 9.90. The minimum atomic E-state index is 0.520. The first-order valence-electron chi connectivity index (χ1n) is 5.62. The number of rotatable bonds is 3. The van der Waals surface area contributed by atoms with Gasteiger partial charge >= 0.3 is 0 Å². The molecule has 0 unspecified atom stereocenters. The van der Waals surface area contributed by atoms with Gasteiger partial charge in [0.2, 0.25) is 0 Å². The Kier molecular flexibility index (Phi) is 3.49. The molecule has 1 nitrogen and oxygen atoms in total. The maximum absolute atomic E-state index is 5.52. The number of hydrogen-bond acceptors (Lipinski definition) is 2. The van der Waals surface area contributed by atoms with E-state index in [1.54, 1.807) is 0 Å². The molecule has 2 heteroatoms. The zero-order valence-electron chi connectivity index (χ0n) is 8.96. The lowest BCUT2D eigenvalue weighted by Crippen LogP contribution is -2.14. The van der Waals surface area contributed by atoms with E-state index in [1.165, 1.54) is 42.4 Å². The van der Waals surface area contributed by atoms with Crippen molar-refractivity contribution in [3.8, 4) is 0 Å². The maximum atomic E-state index is 5.52. The minimum absolute atomic E-state index is 0.520. The smallest absolute Gasteiger partial charge is 0.0246 e. The molecule has 0 amide bonds. The van der Waals surface area contributed by atoms with Crippen LogP contribution in [-0.4, -0.2) is 11.4 Å². The van der Waals surface area contributed by atoms with Crippen molar-refractivity contribution in [2.24, 2.45) is 5.73 Å². The predicted molar refractivity (Wildman–Crippen MR) is 68.4 cm³/mol. The van der Waals surface area contributed by atoms with E-state index in [2.05, 4.69) is 18.2 Å². The standard InChI is InChI=1S/C13H17NS/c14-9-13(15)8-10-5-6-11-3-1-2-4-12(11)7-10/h5-7H,1-4,8-9,14H2. The summed E-state index contributed by atoms with van der Waals surface area (Å²) in [4.78, 5) is 0.950. The number of benzene rings is 1. The summed E-state index contributed by atoms with van der Waals surface area (Å²) in [5.74, 6) is 0. The maximum Gasteiger partial charge on any atom is 0.0246 e. The molecule has 0 saturated heterocycles. The molecule has 1 aliphatic rings. The molecular weight excluding hydrogens is 202 g/mol. The second-order valence-corrected chi connectivity index (χ2v) is 4.81. The number of thiocarbonyl (C=S) groups is 1. The quantitative estimate of drug-likeness (QED) is 0.790. The highest BCUT2D eigenvalue weighted by Crippen LogP contribution is 2.22. The van der Waals surface area contributed by atoms with Gasteiger partial charge in [0.05, 0.1) is 0 Å². The van der Waals surface area contributed by atoms with Gasteiger partial charge < -0.3 is 5.73 Å². The molecule has 0 aromatic heterocycles. The molecular formula is C13H17NS. The lowest BCUT2D eigenvalue weighted by atomic mass is 9.90. The van der Waals surface area contributed by atoms with Gasteiger partial charge in [-0.3, -0.25) is 0 Å². The van der Waals surface area contributed by atoms with E-state index < -0.39 is 0 Å². The third kappa shape index (κ3) is 2.64. The lowest BCUT2D eigenvalue weighted by molar-refractivity contribution is 0.685. The Morgan fingerprint density at radius 1 is 1.20 bits per heavy atom. The van der Waals surface area contributed by atoms with E-state index in [-0.39, 0.29) is 0 Å². The normalized spacial score (nSPS) is 14.7. The van der Waals surface area contributed by atoms with Gasteiger partial charge in [0.15, 0.2) is 0 Å². The van der Waals surface area contributed by atoms with Crippen LogP contribution in [0.1, 0.15) is 29.5 Å². The molecule has 0 aliphatic heterocycles. The lowest BCUT2D eigenvalue weighted by Gasteiger charge is -2.16. The molecule has 1 aromatic rings. The van der Waals surface area contributed by atoms with Gasteiger partial charge in [-0.15, -0.1) is 0 Å². The van der Waals surface area contributed by atoms with Crippen molar-refractivity contribution in [2.75, 3.05) is 6.54 Å². The average Bonchev–Trinajstić information content (AvgIpc) is 2.29. The second kappa shape index (κ2) is 4.86. The van der Waals surface area contributed by atoms with Gasteiger partial charge in [0.1, 0.15) is 0 Å². The van der Waals surface area contributed by atoms with Crippen LogP contribution in [0.25, 0.3) is 0 Å². The summed E-state index contributed by atoms with van der Waals surface area (Å²) in [7, 11) is 0. The van der Waals surface area contributed by atoms with E-state index in [1.807, 2.05) is 0 Å². The molecule has 1 aromatic carbocycles. The summed E-state index contributed by atoms with van der Waals surface area (Å²) in [6.45, 7) is 0.520. The monoisotopic (exact) mass is 219 g/mol. The predicted octanol–water partition coefficient (Wildman–Crippen LogP) is 2.44. The fourth-order valence-corrected chi connectivity index (χ4v) is 2.36. The summed E-state index contributed by atoms with van der Waals surface area (Å²) in [6, 6.07) is 6.78. The Bertz CT molecular complexity index is 371. The first kappa shape index (κ1) is 10.8. The van der Waals surface area contributed by atoms with Crippen LogP contribution < -0.4 is 5.73 Å². The number of nitrogens with two attached hydrogens (primary N) is 1. The number of hydrogen-bond donors (Lipinski definition) is 1. The molecule has 0 spiro atoms. The van der Waals surface area contributed by atoms with Gasteiger partial charge in [-0.1, -0.05) is 30.4 Å². The summed E-state index contributed by atoms with van der Waals surface area (Å²) in [6.07, 6.45) is 6.01. The molecule has 0 atom stereocenters. The molecule has 0 radical (unpaired) electrons. The van der Waals surface area contributed by atoms with Crippen LogP contribution in [0.2, 0.25) is 0 Å². The van der Waals surface area contributed by atoms with Crippen molar-refractivity contribution in [2.45, 2.75) is 32.1 Å². The van der Waals surface area contributed by atoms with E-state index in [4.69, 9.17) is 18.0 Å². The third-order valence-electron chi connectivity index (χ3n) is 3.04.